The lowest BCUT2D eigenvalue weighted by Gasteiger charge is -2.05. The zero-order valence-corrected chi connectivity index (χ0v) is 9.45. The minimum Gasteiger partial charge on any atom is -0.481 e. The van der Waals surface area contributed by atoms with Gasteiger partial charge in [0, 0.05) is 17.1 Å². The van der Waals surface area contributed by atoms with E-state index in [0.717, 1.165) is 16.5 Å². The summed E-state index contributed by atoms with van der Waals surface area (Å²) in [6.07, 6.45) is 1.42. The minimum absolute atomic E-state index is 0.102. The second-order valence-electron chi connectivity index (χ2n) is 3.69. The number of halogens is 1. The Bertz CT molecular complexity index is 566. The highest BCUT2D eigenvalue weighted by molar-refractivity contribution is 6.36. The number of aryl methyl sites for hydroxylation is 1. The molecule has 0 bridgehead atoms. The van der Waals surface area contributed by atoms with Crippen LogP contribution in [0.15, 0.2) is 24.4 Å². The molecule has 0 atom stereocenters. The van der Waals surface area contributed by atoms with Crippen LogP contribution < -0.4 is 0 Å². The van der Waals surface area contributed by atoms with Crippen LogP contribution >= 0.6 is 11.6 Å². The molecule has 82 valence electrons. The molecule has 1 heterocycles. The molecule has 0 unspecified atom stereocenters. The maximum Gasteiger partial charge on any atom is 0.307 e. The number of nitrogens with zero attached hydrogens (tertiary/aromatic N) is 1. The second kappa shape index (κ2) is 4.10. The molecule has 16 heavy (non-hydrogen) atoms. The van der Waals surface area contributed by atoms with Crippen molar-refractivity contribution < 1.29 is 9.90 Å². The van der Waals surface area contributed by atoms with Crippen molar-refractivity contribution in [3.8, 4) is 0 Å². The number of aromatic nitrogens is 1. The molecule has 0 amide bonds. The van der Waals surface area contributed by atoms with E-state index in [2.05, 4.69) is 4.98 Å². The van der Waals surface area contributed by atoms with E-state index in [4.69, 9.17) is 16.7 Å². The number of hydrogen-bond acceptors (Lipinski definition) is 2. The molecule has 2 rings (SSSR count). The molecule has 2 aromatic rings. The van der Waals surface area contributed by atoms with E-state index in [1.807, 2.05) is 25.1 Å². The van der Waals surface area contributed by atoms with Crippen LogP contribution in [0.5, 0.6) is 0 Å². The van der Waals surface area contributed by atoms with E-state index in [-0.39, 0.29) is 6.42 Å². The van der Waals surface area contributed by atoms with Crippen LogP contribution in [0.4, 0.5) is 0 Å². The topological polar surface area (TPSA) is 50.2 Å². The molecule has 3 nitrogen and oxygen atoms in total. The van der Waals surface area contributed by atoms with Crippen LogP contribution in [0.3, 0.4) is 0 Å². The van der Waals surface area contributed by atoms with Crippen LogP contribution in [-0.4, -0.2) is 16.1 Å². The number of carboxylic acid groups (broad SMARTS) is 1. The lowest BCUT2D eigenvalue weighted by Crippen LogP contribution is -2.01. The number of aliphatic carboxylic acids is 1. The van der Waals surface area contributed by atoms with Crippen LogP contribution in [0.1, 0.15) is 11.1 Å². The van der Waals surface area contributed by atoms with Gasteiger partial charge in [0.2, 0.25) is 0 Å². The molecule has 1 aromatic carbocycles. The number of benzene rings is 1. The zero-order valence-electron chi connectivity index (χ0n) is 8.70. The summed E-state index contributed by atoms with van der Waals surface area (Å²) < 4.78 is 0. The number of pyridine rings is 1. The molecule has 0 spiro atoms. The Morgan fingerprint density at radius 3 is 2.94 bits per heavy atom. The highest BCUT2D eigenvalue weighted by Crippen LogP contribution is 2.26. The van der Waals surface area contributed by atoms with Gasteiger partial charge in [0.25, 0.3) is 0 Å². The van der Waals surface area contributed by atoms with Gasteiger partial charge in [-0.25, -0.2) is 0 Å². The first kappa shape index (κ1) is 10.9. The van der Waals surface area contributed by atoms with Crippen molar-refractivity contribution >= 4 is 28.5 Å². The van der Waals surface area contributed by atoms with Crippen molar-refractivity contribution in [2.24, 2.45) is 0 Å². The average molecular weight is 236 g/mol. The van der Waals surface area contributed by atoms with Crippen molar-refractivity contribution in [1.29, 1.82) is 0 Å². The molecule has 1 N–H and O–H groups in total. The highest BCUT2D eigenvalue weighted by atomic mass is 35.5. The van der Waals surface area contributed by atoms with E-state index in [9.17, 15) is 4.79 Å². The molecule has 1 aromatic heterocycles. The van der Waals surface area contributed by atoms with Gasteiger partial charge >= 0.3 is 5.97 Å². The first-order valence-corrected chi connectivity index (χ1v) is 5.21. The van der Waals surface area contributed by atoms with Crippen molar-refractivity contribution in [3.05, 3.63) is 40.5 Å². The Hall–Kier alpha value is -1.61. The molecule has 4 heteroatoms. The van der Waals surface area contributed by atoms with Gasteiger partial charge in [-0.05, 0) is 18.6 Å². The van der Waals surface area contributed by atoms with Crippen molar-refractivity contribution in [2.45, 2.75) is 13.3 Å². The van der Waals surface area contributed by atoms with Gasteiger partial charge in [0.05, 0.1) is 17.0 Å². The van der Waals surface area contributed by atoms with E-state index in [0.29, 0.717) is 10.6 Å². The van der Waals surface area contributed by atoms with Crippen LogP contribution in [0, 0.1) is 6.92 Å². The standard InChI is InChI=1S/C12H10ClNO2/c1-7-2-3-9-10(4-7)14-6-8(12(9)13)5-11(15)16/h2-4,6H,5H2,1H3,(H,15,16). The summed E-state index contributed by atoms with van der Waals surface area (Å²) in [5.41, 5.74) is 2.44. The Morgan fingerprint density at radius 1 is 1.50 bits per heavy atom. The summed E-state index contributed by atoms with van der Waals surface area (Å²) in [5, 5.41) is 10.00. The third-order valence-electron chi connectivity index (χ3n) is 2.37. The first-order valence-electron chi connectivity index (χ1n) is 4.83. The van der Waals surface area contributed by atoms with E-state index < -0.39 is 5.97 Å². The monoisotopic (exact) mass is 235 g/mol. The summed E-state index contributed by atoms with van der Waals surface area (Å²) in [6.45, 7) is 1.97. The number of hydrogen-bond donors (Lipinski definition) is 1. The molecular weight excluding hydrogens is 226 g/mol. The quantitative estimate of drug-likeness (QED) is 0.871. The fourth-order valence-electron chi connectivity index (χ4n) is 1.60. The van der Waals surface area contributed by atoms with Crippen molar-refractivity contribution in [2.75, 3.05) is 0 Å². The largest absolute Gasteiger partial charge is 0.481 e. The summed E-state index contributed by atoms with van der Waals surface area (Å²) in [6, 6.07) is 5.72. The number of rotatable bonds is 2. The molecule has 0 saturated carbocycles. The molecule has 0 fully saturated rings. The minimum atomic E-state index is -0.907. The van der Waals surface area contributed by atoms with Crippen LogP contribution in [-0.2, 0) is 11.2 Å². The Kier molecular flexibility index (Phi) is 2.79. The second-order valence-corrected chi connectivity index (χ2v) is 4.07. The van der Waals surface area contributed by atoms with Gasteiger partial charge < -0.3 is 5.11 Å². The molecule has 0 aliphatic carbocycles. The van der Waals surface area contributed by atoms with Gasteiger partial charge in [-0.1, -0.05) is 23.7 Å². The van der Waals surface area contributed by atoms with Gasteiger partial charge in [-0.15, -0.1) is 0 Å². The summed E-state index contributed by atoms with van der Waals surface area (Å²) in [4.78, 5) is 14.8. The van der Waals surface area contributed by atoms with Crippen molar-refractivity contribution in [1.82, 2.24) is 4.98 Å². The fraction of sp³-hybridized carbons (Fsp3) is 0.167. The summed E-state index contributed by atoms with van der Waals surface area (Å²) >= 11 is 6.13. The predicted molar refractivity (Wildman–Crippen MR) is 62.8 cm³/mol. The zero-order chi connectivity index (χ0) is 11.7. The maximum absolute atomic E-state index is 10.6. The first-order chi connectivity index (χ1) is 7.58. The average Bonchev–Trinajstić information content (AvgIpc) is 2.22. The SMILES string of the molecule is Cc1ccc2c(Cl)c(CC(=O)O)cnc2c1. The third-order valence-corrected chi connectivity index (χ3v) is 2.82. The molecular formula is C12H10ClNO2. The fourth-order valence-corrected chi connectivity index (χ4v) is 1.87. The Labute approximate surface area is 97.7 Å². The molecule has 0 aliphatic rings. The Balaban J connectivity index is 2.60. The predicted octanol–water partition coefficient (Wildman–Crippen LogP) is 2.82. The maximum atomic E-state index is 10.6. The highest BCUT2D eigenvalue weighted by Gasteiger charge is 2.09. The van der Waals surface area contributed by atoms with Gasteiger partial charge in [-0.3, -0.25) is 9.78 Å². The van der Waals surface area contributed by atoms with Crippen LogP contribution in [0.25, 0.3) is 10.9 Å². The molecule has 0 saturated heterocycles. The van der Waals surface area contributed by atoms with Gasteiger partial charge in [0.1, 0.15) is 0 Å². The number of carboxylic acids is 1. The molecule has 0 aliphatic heterocycles. The van der Waals surface area contributed by atoms with E-state index >= 15 is 0 Å². The normalized spacial score (nSPS) is 10.6. The molecule has 0 radical (unpaired) electrons. The summed E-state index contributed by atoms with van der Waals surface area (Å²) in [5.74, 6) is -0.907. The van der Waals surface area contributed by atoms with E-state index in [1.165, 1.54) is 6.20 Å². The van der Waals surface area contributed by atoms with Crippen LogP contribution in [0.2, 0.25) is 5.02 Å². The van der Waals surface area contributed by atoms with Gasteiger partial charge in [-0.2, -0.15) is 0 Å². The van der Waals surface area contributed by atoms with E-state index in [1.54, 1.807) is 0 Å². The Morgan fingerprint density at radius 2 is 2.25 bits per heavy atom. The number of carbonyl (C=O) groups is 1. The summed E-state index contributed by atoms with van der Waals surface area (Å²) in [7, 11) is 0. The lowest BCUT2D eigenvalue weighted by atomic mass is 10.1. The van der Waals surface area contributed by atoms with Crippen molar-refractivity contribution in [3.63, 3.8) is 0 Å². The lowest BCUT2D eigenvalue weighted by molar-refractivity contribution is -0.136. The number of fused-ring (bicyclic) bond motifs is 1. The third kappa shape index (κ3) is 1.99. The van der Waals surface area contributed by atoms with Gasteiger partial charge in [0.15, 0.2) is 0 Å². The smallest absolute Gasteiger partial charge is 0.307 e.